The summed E-state index contributed by atoms with van der Waals surface area (Å²) in [6, 6.07) is 4.66. The first kappa shape index (κ1) is 26.8. The molecule has 0 aromatic heterocycles. The third kappa shape index (κ3) is 7.64. The molecule has 0 atom stereocenters. The highest BCUT2D eigenvalue weighted by Crippen LogP contribution is 2.45. The standard InChI is InChI=1S/C25H42O.C2H6/c1-13-18-14-19(24(8,9)16-22(2,3)4)15-20(21(18)26-12)25(10,11)17-23(5,6)7;1-2/h13-15H,1,16-17H2,2-12H3;1-2H3. The second-order valence-electron chi connectivity index (χ2n) is 11.6. The summed E-state index contributed by atoms with van der Waals surface area (Å²) in [5.41, 5.74) is 4.41. The molecule has 1 aromatic carbocycles. The lowest BCUT2D eigenvalue weighted by molar-refractivity contribution is 0.273. The molecule has 0 saturated heterocycles. The van der Waals surface area contributed by atoms with E-state index in [9.17, 15) is 0 Å². The SMILES string of the molecule is C=Cc1cc(C(C)(C)CC(C)(C)C)cc(C(C)(C)CC(C)(C)C)c1OC.CC. The van der Waals surface area contributed by atoms with Crippen molar-refractivity contribution in [3.63, 3.8) is 0 Å². The number of benzene rings is 1. The van der Waals surface area contributed by atoms with Gasteiger partial charge in [0.15, 0.2) is 0 Å². The van der Waals surface area contributed by atoms with E-state index in [1.807, 2.05) is 19.9 Å². The molecule has 162 valence electrons. The smallest absolute Gasteiger partial charge is 0.129 e. The molecule has 0 aliphatic heterocycles. The Morgan fingerprint density at radius 1 is 0.786 bits per heavy atom. The second kappa shape index (κ2) is 9.51. The van der Waals surface area contributed by atoms with E-state index in [2.05, 4.69) is 87.9 Å². The molecule has 0 radical (unpaired) electrons. The average Bonchev–Trinajstić information content (AvgIpc) is 2.50. The van der Waals surface area contributed by atoms with Crippen LogP contribution in [0.15, 0.2) is 18.7 Å². The van der Waals surface area contributed by atoms with Gasteiger partial charge in [-0.1, -0.05) is 102 Å². The van der Waals surface area contributed by atoms with Crippen LogP contribution in [-0.2, 0) is 10.8 Å². The summed E-state index contributed by atoms with van der Waals surface area (Å²) in [4.78, 5) is 0. The predicted molar refractivity (Wildman–Crippen MR) is 129 cm³/mol. The Balaban J connectivity index is 0.00000352. The van der Waals surface area contributed by atoms with E-state index < -0.39 is 0 Å². The van der Waals surface area contributed by atoms with Gasteiger partial charge in [0, 0.05) is 11.1 Å². The van der Waals surface area contributed by atoms with E-state index in [1.165, 1.54) is 11.1 Å². The highest BCUT2D eigenvalue weighted by molar-refractivity contribution is 5.62. The molecule has 1 heteroatoms. The molecule has 1 rings (SSSR count). The van der Waals surface area contributed by atoms with E-state index in [-0.39, 0.29) is 21.7 Å². The van der Waals surface area contributed by atoms with Gasteiger partial charge in [0.1, 0.15) is 5.75 Å². The average molecular weight is 389 g/mol. The molecular formula is C27H48O. The quantitative estimate of drug-likeness (QED) is 0.473. The van der Waals surface area contributed by atoms with Crippen LogP contribution in [0.2, 0.25) is 0 Å². The number of hydrogen-bond acceptors (Lipinski definition) is 1. The normalized spacial score (nSPS) is 12.9. The van der Waals surface area contributed by atoms with E-state index in [1.54, 1.807) is 7.11 Å². The molecule has 0 unspecified atom stereocenters. The third-order valence-corrected chi connectivity index (χ3v) is 5.00. The summed E-state index contributed by atoms with van der Waals surface area (Å²) in [6.07, 6.45) is 4.16. The number of ether oxygens (including phenoxy) is 1. The lowest BCUT2D eigenvalue weighted by Crippen LogP contribution is -2.28. The Labute approximate surface area is 177 Å². The zero-order chi connectivity index (χ0) is 22.6. The molecule has 0 bridgehead atoms. The fourth-order valence-electron chi connectivity index (χ4n) is 4.77. The summed E-state index contributed by atoms with van der Waals surface area (Å²) in [7, 11) is 1.78. The van der Waals surface area contributed by atoms with Gasteiger partial charge in [0.2, 0.25) is 0 Å². The van der Waals surface area contributed by atoms with Crippen LogP contribution in [0.3, 0.4) is 0 Å². The fraction of sp³-hybridized carbons (Fsp3) is 0.704. The minimum atomic E-state index is 0.0230. The molecule has 1 aromatic rings. The fourth-order valence-corrected chi connectivity index (χ4v) is 4.77. The molecule has 0 N–H and O–H groups in total. The molecule has 0 amide bonds. The third-order valence-electron chi connectivity index (χ3n) is 5.00. The molecule has 0 aliphatic carbocycles. The predicted octanol–water partition coefficient (Wildman–Crippen LogP) is 8.79. The highest BCUT2D eigenvalue weighted by Gasteiger charge is 2.34. The maximum absolute atomic E-state index is 5.87. The first-order valence-corrected chi connectivity index (χ1v) is 10.9. The monoisotopic (exact) mass is 388 g/mol. The van der Waals surface area contributed by atoms with Crippen LogP contribution < -0.4 is 4.74 Å². The van der Waals surface area contributed by atoms with Crippen molar-refractivity contribution in [3.05, 3.63) is 35.4 Å². The molecule has 0 fully saturated rings. The van der Waals surface area contributed by atoms with Crippen LogP contribution in [-0.4, -0.2) is 7.11 Å². The molecule has 0 spiro atoms. The molecule has 28 heavy (non-hydrogen) atoms. The topological polar surface area (TPSA) is 9.23 Å². The largest absolute Gasteiger partial charge is 0.496 e. The molecule has 0 heterocycles. The van der Waals surface area contributed by atoms with E-state index >= 15 is 0 Å². The maximum Gasteiger partial charge on any atom is 0.129 e. The summed E-state index contributed by atoms with van der Waals surface area (Å²) in [5.74, 6) is 0.976. The van der Waals surface area contributed by atoms with Crippen molar-refractivity contribution < 1.29 is 4.74 Å². The lowest BCUT2D eigenvalue weighted by atomic mass is 9.68. The zero-order valence-corrected chi connectivity index (χ0v) is 21.3. The highest BCUT2D eigenvalue weighted by atomic mass is 16.5. The minimum Gasteiger partial charge on any atom is -0.496 e. The van der Waals surface area contributed by atoms with Gasteiger partial charge in [0.05, 0.1) is 7.11 Å². The molecule has 0 aliphatic rings. The Kier molecular flexibility index (Phi) is 9.08. The molecule has 0 saturated carbocycles. The maximum atomic E-state index is 5.87. The number of methoxy groups -OCH3 is 1. The van der Waals surface area contributed by atoms with Gasteiger partial charge in [-0.05, 0) is 46.1 Å². The minimum absolute atomic E-state index is 0.0230. The van der Waals surface area contributed by atoms with Crippen molar-refractivity contribution in [3.8, 4) is 5.75 Å². The van der Waals surface area contributed by atoms with Crippen molar-refractivity contribution in [1.82, 2.24) is 0 Å². The summed E-state index contributed by atoms with van der Waals surface area (Å²) < 4.78 is 5.87. The number of hydrogen-bond donors (Lipinski definition) is 0. The Hall–Kier alpha value is -1.24. The number of rotatable bonds is 6. The lowest BCUT2D eigenvalue weighted by Gasteiger charge is -2.37. The van der Waals surface area contributed by atoms with E-state index in [0.717, 1.165) is 24.2 Å². The van der Waals surface area contributed by atoms with Gasteiger partial charge in [-0.25, -0.2) is 0 Å². The Morgan fingerprint density at radius 3 is 1.57 bits per heavy atom. The van der Waals surface area contributed by atoms with Crippen LogP contribution in [0.1, 0.15) is 113 Å². The van der Waals surface area contributed by atoms with Crippen LogP contribution in [0.4, 0.5) is 0 Å². The zero-order valence-electron chi connectivity index (χ0n) is 21.3. The Morgan fingerprint density at radius 2 is 1.21 bits per heavy atom. The van der Waals surface area contributed by atoms with Gasteiger partial charge in [-0.15, -0.1) is 0 Å². The first-order valence-electron chi connectivity index (χ1n) is 10.9. The van der Waals surface area contributed by atoms with Crippen molar-refractivity contribution in [1.29, 1.82) is 0 Å². The summed E-state index contributed by atoms with van der Waals surface area (Å²) >= 11 is 0. The Bertz CT molecular complexity index is 633. The van der Waals surface area contributed by atoms with Crippen molar-refractivity contribution >= 4 is 6.08 Å². The second-order valence-corrected chi connectivity index (χ2v) is 11.6. The van der Waals surface area contributed by atoms with Crippen LogP contribution in [0.25, 0.3) is 6.08 Å². The van der Waals surface area contributed by atoms with Crippen molar-refractivity contribution in [2.75, 3.05) is 7.11 Å². The summed E-state index contributed by atoms with van der Waals surface area (Å²) in [6.45, 7) is 31.3. The van der Waals surface area contributed by atoms with Gasteiger partial charge in [-0.2, -0.15) is 0 Å². The van der Waals surface area contributed by atoms with Crippen molar-refractivity contribution in [2.45, 2.75) is 107 Å². The molecular weight excluding hydrogens is 340 g/mol. The van der Waals surface area contributed by atoms with Gasteiger partial charge in [-0.3, -0.25) is 0 Å². The van der Waals surface area contributed by atoms with Crippen molar-refractivity contribution in [2.24, 2.45) is 10.8 Å². The van der Waals surface area contributed by atoms with Crippen LogP contribution in [0, 0.1) is 10.8 Å². The van der Waals surface area contributed by atoms with E-state index in [4.69, 9.17) is 4.74 Å². The molecule has 1 nitrogen and oxygen atoms in total. The first-order chi connectivity index (χ1) is 12.5. The summed E-state index contributed by atoms with van der Waals surface area (Å²) in [5, 5.41) is 0. The van der Waals surface area contributed by atoms with Gasteiger partial charge < -0.3 is 4.74 Å². The van der Waals surface area contributed by atoms with Gasteiger partial charge >= 0.3 is 0 Å². The van der Waals surface area contributed by atoms with Gasteiger partial charge in [0.25, 0.3) is 0 Å². The van der Waals surface area contributed by atoms with E-state index in [0.29, 0.717) is 0 Å². The van der Waals surface area contributed by atoms with Crippen LogP contribution in [0.5, 0.6) is 5.75 Å². The van der Waals surface area contributed by atoms with Crippen LogP contribution >= 0.6 is 0 Å².